The maximum absolute atomic E-state index is 13.6. The standard InChI is InChI=1S/C24H29ClF3N5S/c1-16-6-2-5-13-33(16)20-14-19(24(26,27)28)30-21(31-20)32-22(34)29-15-23(11-3-4-12-23)17-7-9-18(25)10-8-17/h7-10,14,16H,2-6,11-13,15H2,1H3,(H2,29,30,31,32,34)/t16-/m0/s1. The van der Waals surface area contributed by atoms with Crippen molar-refractivity contribution in [3.8, 4) is 0 Å². The van der Waals surface area contributed by atoms with Crippen LogP contribution in [0.5, 0.6) is 0 Å². The molecule has 2 aromatic rings. The molecule has 0 bridgehead atoms. The lowest BCUT2D eigenvalue weighted by Gasteiger charge is -2.34. The Labute approximate surface area is 208 Å². The van der Waals surface area contributed by atoms with Crippen LogP contribution >= 0.6 is 23.8 Å². The number of anilines is 2. The van der Waals surface area contributed by atoms with E-state index in [1.165, 1.54) is 5.56 Å². The van der Waals surface area contributed by atoms with Gasteiger partial charge in [-0.05, 0) is 68.9 Å². The summed E-state index contributed by atoms with van der Waals surface area (Å²) in [5, 5.41) is 6.89. The molecule has 10 heteroatoms. The van der Waals surface area contributed by atoms with E-state index in [4.69, 9.17) is 23.8 Å². The van der Waals surface area contributed by atoms with E-state index in [9.17, 15) is 13.2 Å². The summed E-state index contributed by atoms with van der Waals surface area (Å²) < 4.78 is 40.7. The molecule has 34 heavy (non-hydrogen) atoms. The summed E-state index contributed by atoms with van der Waals surface area (Å²) in [7, 11) is 0. The second kappa shape index (κ2) is 10.2. The smallest absolute Gasteiger partial charge is 0.361 e. The lowest BCUT2D eigenvalue weighted by Crippen LogP contribution is -2.41. The minimum Gasteiger partial charge on any atom is -0.361 e. The van der Waals surface area contributed by atoms with Gasteiger partial charge >= 0.3 is 6.18 Å². The molecule has 2 heterocycles. The number of rotatable bonds is 5. The van der Waals surface area contributed by atoms with Gasteiger partial charge in [0.05, 0.1) is 0 Å². The van der Waals surface area contributed by atoms with Crippen molar-refractivity contribution >= 4 is 40.7 Å². The van der Waals surface area contributed by atoms with E-state index in [1.807, 2.05) is 36.1 Å². The number of aromatic nitrogens is 2. The molecule has 0 spiro atoms. The Bertz CT molecular complexity index is 1010. The van der Waals surface area contributed by atoms with E-state index in [0.29, 0.717) is 18.1 Å². The van der Waals surface area contributed by atoms with Crippen LogP contribution in [0.2, 0.25) is 5.02 Å². The number of hydrogen-bond donors (Lipinski definition) is 2. The highest BCUT2D eigenvalue weighted by molar-refractivity contribution is 7.80. The van der Waals surface area contributed by atoms with Gasteiger partial charge in [-0.1, -0.05) is 36.6 Å². The normalized spacial score (nSPS) is 20.3. The Kier molecular flexibility index (Phi) is 7.52. The highest BCUT2D eigenvalue weighted by atomic mass is 35.5. The number of hydrogen-bond acceptors (Lipinski definition) is 4. The minimum absolute atomic E-state index is 0.0978. The lowest BCUT2D eigenvalue weighted by atomic mass is 9.79. The van der Waals surface area contributed by atoms with Crippen molar-refractivity contribution < 1.29 is 13.2 Å². The summed E-state index contributed by atoms with van der Waals surface area (Å²) in [6, 6.07) is 8.98. The van der Waals surface area contributed by atoms with E-state index in [0.717, 1.165) is 51.0 Å². The molecule has 0 amide bonds. The first kappa shape index (κ1) is 25.0. The topological polar surface area (TPSA) is 53.1 Å². The van der Waals surface area contributed by atoms with Gasteiger partial charge in [-0.15, -0.1) is 0 Å². The van der Waals surface area contributed by atoms with Crippen molar-refractivity contribution in [2.75, 3.05) is 23.3 Å². The van der Waals surface area contributed by atoms with Crippen molar-refractivity contribution in [2.24, 2.45) is 0 Å². The number of halogens is 4. The first-order valence-corrected chi connectivity index (χ1v) is 12.5. The fourth-order valence-electron chi connectivity index (χ4n) is 5.04. The highest BCUT2D eigenvalue weighted by Gasteiger charge is 2.37. The Balaban J connectivity index is 1.50. The zero-order chi connectivity index (χ0) is 24.3. The molecule has 1 aliphatic carbocycles. The Morgan fingerprint density at radius 1 is 1.15 bits per heavy atom. The molecule has 1 atom stereocenters. The van der Waals surface area contributed by atoms with E-state index in [2.05, 4.69) is 20.6 Å². The van der Waals surface area contributed by atoms with E-state index < -0.39 is 11.9 Å². The van der Waals surface area contributed by atoms with Gasteiger partial charge in [0.25, 0.3) is 0 Å². The van der Waals surface area contributed by atoms with Crippen LogP contribution < -0.4 is 15.5 Å². The second-order valence-electron chi connectivity index (χ2n) is 9.27. The van der Waals surface area contributed by atoms with Crippen LogP contribution in [-0.4, -0.2) is 34.2 Å². The van der Waals surface area contributed by atoms with Crippen molar-refractivity contribution in [2.45, 2.75) is 69.5 Å². The largest absolute Gasteiger partial charge is 0.433 e. The lowest BCUT2D eigenvalue weighted by molar-refractivity contribution is -0.141. The fraction of sp³-hybridized carbons (Fsp3) is 0.542. The van der Waals surface area contributed by atoms with E-state index >= 15 is 0 Å². The SMILES string of the molecule is C[C@H]1CCCCN1c1cc(C(F)(F)F)nc(NC(=S)NCC2(c3ccc(Cl)cc3)CCCC2)n1. The third-order valence-electron chi connectivity index (χ3n) is 6.93. The molecule has 2 N–H and O–H groups in total. The number of thiocarbonyl (C=S) groups is 1. The van der Waals surface area contributed by atoms with Gasteiger partial charge in [0.2, 0.25) is 5.95 Å². The maximum atomic E-state index is 13.6. The van der Waals surface area contributed by atoms with Crippen LogP contribution in [0.3, 0.4) is 0 Å². The second-order valence-corrected chi connectivity index (χ2v) is 10.1. The Morgan fingerprint density at radius 3 is 2.50 bits per heavy atom. The monoisotopic (exact) mass is 511 g/mol. The third kappa shape index (κ3) is 5.74. The van der Waals surface area contributed by atoms with Gasteiger partial charge in [0, 0.05) is 35.6 Å². The number of piperidine rings is 1. The van der Waals surface area contributed by atoms with E-state index in [1.54, 1.807) is 0 Å². The van der Waals surface area contributed by atoms with Crippen LogP contribution in [0.1, 0.15) is 63.1 Å². The molecule has 1 aromatic carbocycles. The fourth-order valence-corrected chi connectivity index (χ4v) is 5.33. The van der Waals surface area contributed by atoms with Gasteiger partial charge in [0.1, 0.15) is 5.82 Å². The average molecular weight is 512 g/mol. The molecule has 2 aliphatic rings. The first-order chi connectivity index (χ1) is 16.2. The van der Waals surface area contributed by atoms with Crippen LogP contribution in [-0.2, 0) is 11.6 Å². The Morgan fingerprint density at radius 2 is 1.85 bits per heavy atom. The predicted molar refractivity (Wildman–Crippen MR) is 134 cm³/mol. The van der Waals surface area contributed by atoms with Gasteiger partial charge in [0.15, 0.2) is 10.8 Å². The van der Waals surface area contributed by atoms with Gasteiger partial charge in [-0.25, -0.2) is 4.98 Å². The first-order valence-electron chi connectivity index (χ1n) is 11.7. The molecule has 1 aliphatic heterocycles. The zero-order valence-electron chi connectivity index (χ0n) is 19.1. The third-order valence-corrected chi connectivity index (χ3v) is 7.43. The molecule has 1 saturated carbocycles. The molecule has 1 aromatic heterocycles. The van der Waals surface area contributed by atoms with Gasteiger partial charge in [-0.3, -0.25) is 0 Å². The molecular weight excluding hydrogens is 483 g/mol. The van der Waals surface area contributed by atoms with Crippen LogP contribution in [0, 0.1) is 0 Å². The number of nitrogens with one attached hydrogen (secondary N) is 2. The van der Waals surface area contributed by atoms with Gasteiger partial charge < -0.3 is 15.5 Å². The molecule has 1 saturated heterocycles. The molecule has 5 nitrogen and oxygen atoms in total. The van der Waals surface area contributed by atoms with Crippen molar-refractivity contribution in [3.05, 3.63) is 46.6 Å². The molecule has 0 unspecified atom stereocenters. The van der Waals surface area contributed by atoms with Crippen LogP contribution in [0.25, 0.3) is 0 Å². The number of nitrogens with zero attached hydrogens (tertiary/aromatic N) is 3. The summed E-state index contributed by atoms with van der Waals surface area (Å²) in [5.74, 6) is 0.125. The molecular formula is C24H29ClF3N5S. The molecule has 0 radical (unpaired) electrons. The number of benzene rings is 1. The summed E-state index contributed by atoms with van der Waals surface area (Å²) in [6.07, 6.45) is 2.54. The summed E-state index contributed by atoms with van der Waals surface area (Å²) in [4.78, 5) is 10.0. The summed E-state index contributed by atoms with van der Waals surface area (Å²) in [5.41, 5.74) is 0.106. The average Bonchev–Trinajstić information content (AvgIpc) is 3.28. The zero-order valence-corrected chi connectivity index (χ0v) is 20.7. The van der Waals surface area contributed by atoms with Crippen molar-refractivity contribution in [1.82, 2.24) is 15.3 Å². The molecule has 4 rings (SSSR count). The summed E-state index contributed by atoms with van der Waals surface area (Å²) in [6.45, 7) is 3.24. The molecule has 2 fully saturated rings. The van der Waals surface area contributed by atoms with Crippen molar-refractivity contribution in [1.29, 1.82) is 0 Å². The Hall–Kier alpha value is -2.13. The molecule has 184 valence electrons. The number of alkyl halides is 3. The van der Waals surface area contributed by atoms with Crippen LogP contribution in [0.4, 0.5) is 24.9 Å². The summed E-state index contributed by atoms with van der Waals surface area (Å²) >= 11 is 11.5. The quantitative estimate of drug-likeness (QED) is 0.458. The van der Waals surface area contributed by atoms with E-state index in [-0.39, 0.29) is 28.3 Å². The highest BCUT2D eigenvalue weighted by Crippen LogP contribution is 2.41. The van der Waals surface area contributed by atoms with Crippen LogP contribution in [0.15, 0.2) is 30.3 Å². The maximum Gasteiger partial charge on any atom is 0.433 e. The van der Waals surface area contributed by atoms with Crippen molar-refractivity contribution in [3.63, 3.8) is 0 Å². The minimum atomic E-state index is -4.58. The predicted octanol–water partition coefficient (Wildman–Crippen LogP) is 6.33. The van der Waals surface area contributed by atoms with Gasteiger partial charge in [-0.2, -0.15) is 18.2 Å².